The van der Waals surface area contributed by atoms with Crippen LogP contribution in [0, 0.1) is 10.1 Å². The molecule has 1 amide bonds. The summed E-state index contributed by atoms with van der Waals surface area (Å²) in [6.45, 7) is 0.614. The highest BCUT2D eigenvalue weighted by molar-refractivity contribution is 5.78. The highest BCUT2D eigenvalue weighted by Crippen LogP contribution is 2.30. The van der Waals surface area contributed by atoms with Gasteiger partial charge in [0.2, 0.25) is 5.91 Å². The number of nitrogens with zero attached hydrogens (tertiary/aromatic N) is 1. The van der Waals surface area contributed by atoms with E-state index in [9.17, 15) is 28.1 Å². The van der Waals surface area contributed by atoms with Gasteiger partial charge in [-0.05, 0) is 36.1 Å². The molecule has 0 aliphatic rings. The molecule has 2 rings (SSSR count). The number of halogens is 3. The van der Waals surface area contributed by atoms with Crippen LogP contribution in [0.3, 0.4) is 0 Å². The minimum absolute atomic E-state index is 0.0679. The number of amides is 1. The largest absolute Gasteiger partial charge is 0.485 e. The predicted molar refractivity (Wildman–Crippen MR) is 104 cm³/mol. The van der Waals surface area contributed by atoms with Gasteiger partial charge in [0.1, 0.15) is 6.61 Å². The number of ether oxygens (including phenoxy) is 1. The van der Waals surface area contributed by atoms with E-state index in [2.05, 4.69) is 5.32 Å². The summed E-state index contributed by atoms with van der Waals surface area (Å²) < 4.78 is 43.4. The Morgan fingerprint density at radius 3 is 2.60 bits per heavy atom. The first kappa shape index (κ1) is 23.1. The molecule has 0 radical (unpaired) electrons. The van der Waals surface area contributed by atoms with E-state index in [1.54, 1.807) is 12.1 Å². The van der Waals surface area contributed by atoms with Crippen molar-refractivity contribution in [2.24, 2.45) is 5.73 Å². The van der Waals surface area contributed by atoms with E-state index in [1.165, 1.54) is 18.2 Å². The summed E-state index contributed by atoms with van der Waals surface area (Å²) in [5, 5.41) is 13.8. The summed E-state index contributed by atoms with van der Waals surface area (Å²) in [6.07, 6.45) is -3.62. The van der Waals surface area contributed by atoms with Gasteiger partial charge in [-0.3, -0.25) is 14.9 Å². The van der Waals surface area contributed by atoms with Crippen molar-refractivity contribution in [3.8, 4) is 5.75 Å². The van der Waals surface area contributed by atoms with Crippen LogP contribution in [0.1, 0.15) is 23.1 Å². The Labute approximate surface area is 171 Å². The van der Waals surface area contributed by atoms with E-state index in [0.717, 1.165) is 12.1 Å². The van der Waals surface area contributed by atoms with Gasteiger partial charge in [-0.15, -0.1) is 0 Å². The summed E-state index contributed by atoms with van der Waals surface area (Å²) in [5.74, 6) is -0.264. The van der Waals surface area contributed by atoms with Gasteiger partial charge >= 0.3 is 11.9 Å². The number of hydrogen-bond donors (Lipinski definition) is 2. The summed E-state index contributed by atoms with van der Waals surface area (Å²) >= 11 is 0. The molecule has 0 aliphatic heterocycles. The van der Waals surface area contributed by atoms with Crippen LogP contribution in [0.4, 0.5) is 18.9 Å². The van der Waals surface area contributed by atoms with E-state index < -0.39 is 16.7 Å². The predicted octanol–water partition coefficient (Wildman–Crippen LogP) is 3.24. The van der Waals surface area contributed by atoms with Crippen LogP contribution in [0.5, 0.6) is 5.75 Å². The molecule has 0 fully saturated rings. The van der Waals surface area contributed by atoms with Crippen LogP contribution in [0.15, 0.2) is 42.5 Å². The Hall–Kier alpha value is -3.14. The lowest BCUT2D eigenvalue weighted by Gasteiger charge is -2.10. The Kier molecular flexibility index (Phi) is 8.16. The third-order valence-corrected chi connectivity index (χ3v) is 4.18. The van der Waals surface area contributed by atoms with E-state index in [0.29, 0.717) is 24.0 Å². The fourth-order valence-corrected chi connectivity index (χ4v) is 2.78. The summed E-state index contributed by atoms with van der Waals surface area (Å²) in [5.41, 5.74) is 5.34. The SMILES string of the molecule is NCCOc1ccc(CC(=O)NCCCc2cccc(C(F)(F)F)c2)cc1[N+](=O)[O-]. The first-order valence-corrected chi connectivity index (χ1v) is 9.23. The molecule has 0 bridgehead atoms. The molecule has 30 heavy (non-hydrogen) atoms. The van der Waals surface area contributed by atoms with Gasteiger partial charge in [0, 0.05) is 19.2 Å². The lowest BCUT2D eigenvalue weighted by molar-refractivity contribution is -0.385. The van der Waals surface area contributed by atoms with Crippen molar-refractivity contribution in [3.05, 3.63) is 69.3 Å². The summed E-state index contributed by atoms with van der Waals surface area (Å²) in [6, 6.07) is 9.31. The average Bonchev–Trinajstić information content (AvgIpc) is 2.69. The van der Waals surface area contributed by atoms with Gasteiger partial charge in [-0.2, -0.15) is 13.2 Å². The molecular weight excluding hydrogens is 403 g/mol. The fourth-order valence-electron chi connectivity index (χ4n) is 2.78. The molecule has 3 N–H and O–H groups in total. The van der Waals surface area contributed by atoms with Gasteiger partial charge in [-0.1, -0.05) is 24.3 Å². The zero-order valence-electron chi connectivity index (χ0n) is 16.1. The molecule has 0 saturated heterocycles. The Morgan fingerprint density at radius 1 is 1.17 bits per heavy atom. The average molecular weight is 425 g/mol. The third kappa shape index (κ3) is 7.03. The van der Waals surface area contributed by atoms with Crippen LogP contribution in [0.2, 0.25) is 0 Å². The van der Waals surface area contributed by atoms with Crippen LogP contribution < -0.4 is 15.8 Å². The van der Waals surface area contributed by atoms with Crippen LogP contribution in [0.25, 0.3) is 0 Å². The number of nitrogens with one attached hydrogen (secondary N) is 1. The smallest absolute Gasteiger partial charge is 0.416 e. The second-order valence-corrected chi connectivity index (χ2v) is 6.52. The minimum atomic E-state index is -4.39. The number of nitro benzene ring substituents is 1. The molecule has 0 spiro atoms. The highest BCUT2D eigenvalue weighted by atomic mass is 19.4. The van der Waals surface area contributed by atoms with Crippen LogP contribution in [-0.2, 0) is 23.8 Å². The minimum Gasteiger partial charge on any atom is -0.485 e. The van der Waals surface area contributed by atoms with Crippen molar-refractivity contribution < 1.29 is 27.6 Å². The number of aryl methyl sites for hydroxylation is 1. The number of nitro groups is 1. The number of alkyl halides is 3. The maximum Gasteiger partial charge on any atom is 0.416 e. The Morgan fingerprint density at radius 2 is 1.93 bits per heavy atom. The molecule has 0 aliphatic carbocycles. The molecular formula is C20H22F3N3O4. The van der Waals surface area contributed by atoms with E-state index >= 15 is 0 Å². The van der Waals surface area contributed by atoms with Gasteiger partial charge in [0.05, 0.1) is 16.9 Å². The zero-order valence-corrected chi connectivity index (χ0v) is 16.1. The highest BCUT2D eigenvalue weighted by Gasteiger charge is 2.30. The quantitative estimate of drug-likeness (QED) is 0.345. The molecule has 0 saturated carbocycles. The third-order valence-electron chi connectivity index (χ3n) is 4.18. The van der Waals surface area contributed by atoms with Crippen LogP contribution in [-0.4, -0.2) is 30.5 Å². The van der Waals surface area contributed by atoms with Gasteiger partial charge in [0.25, 0.3) is 0 Å². The van der Waals surface area contributed by atoms with Crippen LogP contribution >= 0.6 is 0 Å². The molecule has 162 valence electrons. The Balaban J connectivity index is 1.85. The molecule has 7 nitrogen and oxygen atoms in total. The van der Waals surface area contributed by atoms with Crippen molar-refractivity contribution in [3.63, 3.8) is 0 Å². The first-order valence-electron chi connectivity index (χ1n) is 9.23. The number of carbonyl (C=O) groups excluding carboxylic acids is 1. The summed E-state index contributed by atoms with van der Waals surface area (Å²) in [7, 11) is 0. The van der Waals surface area contributed by atoms with Crippen molar-refractivity contribution in [1.82, 2.24) is 5.32 Å². The standard InChI is InChI=1S/C20H22F3N3O4/c21-20(22,23)16-5-1-3-14(11-16)4-2-9-25-19(27)13-15-6-7-18(30-10-8-24)17(12-15)26(28)29/h1,3,5-7,11-12H,2,4,8-10,13,24H2,(H,25,27). The monoisotopic (exact) mass is 425 g/mol. The van der Waals surface area contributed by atoms with Crippen molar-refractivity contribution in [1.29, 1.82) is 0 Å². The van der Waals surface area contributed by atoms with Crippen molar-refractivity contribution >= 4 is 11.6 Å². The molecule has 10 heteroatoms. The van der Waals surface area contributed by atoms with Gasteiger partial charge in [-0.25, -0.2) is 0 Å². The van der Waals surface area contributed by atoms with E-state index in [4.69, 9.17) is 10.5 Å². The molecule has 0 atom stereocenters. The van der Waals surface area contributed by atoms with Gasteiger partial charge < -0.3 is 15.8 Å². The normalized spacial score (nSPS) is 11.2. The number of benzene rings is 2. The topological polar surface area (TPSA) is 107 Å². The van der Waals surface area contributed by atoms with E-state index in [-0.39, 0.29) is 43.5 Å². The maximum atomic E-state index is 12.7. The fraction of sp³-hybridized carbons (Fsp3) is 0.350. The lowest BCUT2D eigenvalue weighted by atomic mass is 10.1. The molecule has 2 aromatic rings. The van der Waals surface area contributed by atoms with Crippen molar-refractivity contribution in [2.45, 2.75) is 25.4 Å². The maximum absolute atomic E-state index is 12.7. The molecule has 0 aromatic heterocycles. The van der Waals surface area contributed by atoms with Gasteiger partial charge in [0.15, 0.2) is 5.75 Å². The number of rotatable bonds is 10. The zero-order chi connectivity index (χ0) is 22.1. The number of carbonyl (C=O) groups is 1. The Bertz CT molecular complexity index is 888. The number of hydrogen-bond acceptors (Lipinski definition) is 5. The summed E-state index contributed by atoms with van der Waals surface area (Å²) in [4.78, 5) is 22.7. The first-order chi connectivity index (χ1) is 14.2. The number of nitrogens with two attached hydrogens (primary N) is 1. The molecule has 2 aromatic carbocycles. The van der Waals surface area contributed by atoms with E-state index in [1.807, 2.05) is 0 Å². The molecule has 0 heterocycles. The molecule has 0 unspecified atom stereocenters. The lowest BCUT2D eigenvalue weighted by Crippen LogP contribution is -2.26. The second kappa shape index (κ2) is 10.6. The van der Waals surface area contributed by atoms with Crippen molar-refractivity contribution in [2.75, 3.05) is 19.7 Å². The second-order valence-electron chi connectivity index (χ2n) is 6.52.